The third kappa shape index (κ3) is 6.98. The van der Waals surface area contributed by atoms with E-state index < -0.39 is 5.54 Å². The van der Waals surface area contributed by atoms with Crippen LogP contribution in [0.1, 0.15) is 44.6 Å². The number of carbonyl (C=O) groups is 1. The lowest BCUT2D eigenvalue weighted by atomic mass is 9.92. The van der Waals surface area contributed by atoms with Crippen molar-refractivity contribution in [1.29, 1.82) is 0 Å². The first-order valence-electron chi connectivity index (χ1n) is 8.46. The van der Waals surface area contributed by atoms with Crippen LogP contribution in [0.3, 0.4) is 0 Å². The van der Waals surface area contributed by atoms with Gasteiger partial charge in [0, 0.05) is 6.54 Å². The zero-order valence-electron chi connectivity index (χ0n) is 14.5. The van der Waals surface area contributed by atoms with E-state index in [-0.39, 0.29) is 30.7 Å². The first kappa shape index (κ1) is 23.2. The van der Waals surface area contributed by atoms with Crippen LogP contribution in [0.2, 0.25) is 0 Å². The van der Waals surface area contributed by atoms with Crippen LogP contribution in [-0.4, -0.2) is 37.0 Å². The molecule has 0 aliphatic carbocycles. The molecule has 2 rings (SSSR count). The Labute approximate surface area is 158 Å². The number of halogens is 2. The summed E-state index contributed by atoms with van der Waals surface area (Å²) >= 11 is 0. The number of amides is 1. The Morgan fingerprint density at radius 1 is 1.12 bits per heavy atom. The van der Waals surface area contributed by atoms with Crippen molar-refractivity contribution in [2.75, 3.05) is 26.2 Å². The molecule has 138 valence electrons. The zero-order chi connectivity index (χ0) is 15.8. The van der Waals surface area contributed by atoms with Crippen molar-refractivity contribution in [1.82, 2.24) is 10.2 Å². The highest BCUT2D eigenvalue weighted by Crippen LogP contribution is 2.17. The highest BCUT2D eigenvalue weighted by molar-refractivity contribution is 5.87. The number of benzene rings is 1. The minimum absolute atomic E-state index is 0. The van der Waals surface area contributed by atoms with Crippen LogP contribution in [0, 0.1) is 0 Å². The number of nitrogens with one attached hydrogen (secondary N) is 1. The average molecular weight is 376 g/mol. The SMILES string of the molecule is CC(N)(C(=O)NCCCN1CCCCCC1)c1ccccc1.Cl.Cl. The normalized spacial score (nSPS) is 17.6. The van der Waals surface area contributed by atoms with E-state index in [1.165, 1.54) is 38.8 Å². The van der Waals surface area contributed by atoms with Crippen LogP contribution in [0.15, 0.2) is 30.3 Å². The molecule has 1 aromatic carbocycles. The molecule has 0 radical (unpaired) electrons. The van der Waals surface area contributed by atoms with Crippen molar-refractivity contribution in [2.45, 2.75) is 44.6 Å². The van der Waals surface area contributed by atoms with Gasteiger partial charge in [-0.1, -0.05) is 43.2 Å². The molecule has 1 heterocycles. The maximum Gasteiger partial charge on any atom is 0.244 e. The Kier molecular flexibility index (Phi) is 11.3. The van der Waals surface area contributed by atoms with Crippen LogP contribution >= 0.6 is 24.8 Å². The molecule has 3 N–H and O–H groups in total. The predicted octanol–water partition coefficient (Wildman–Crippen LogP) is 3.09. The van der Waals surface area contributed by atoms with Gasteiger partial charge in [0.2, 0.25) is 5.91 Å². The Morgan fingerprint density at radius 2 is 1.71 bits per heavy atom. The number of hydrogen-bond donors (Lipinski definition) is 2. The summed E-state index contributed by atoms with van der Waals surface area (Å²) in [5.74, 6) is -0.102. The van der Waals surface area contributed by atoms with Gasteiger partial charge in [0.1, 0.15) is 5.54 Å². The van der Waals surface area contributed by atoms with E-state index in [2.05, 4.69) is 10.2 Å². The fourth-order valence-electron chi connectivity index (χ4n) is 2.96. The standard InChI is InChI=1S/C18H29N3O.2ClH/c1-18(19,16-10-5-4-6-11-16)17(22)20-12-9-15-21-13-7-2-3-8-14-21;;/h4-6,10-11H,2-3,7-9,12-15,19H2,1H3,(H,20,22);2*1H. The van der Waals surface area contributed by atoms with Crippen LogP contribution in [0.25, 0.3) is 0 Å². The van der Waals surface area contributed by atoms with Gasteiger partial charge in [0.05, 0.1) is 0 Å². The summed E-state index contributed by atoms with van der Waals surface area (Å²) in [7, 11) is 0. The second-order valence-corrected chi connectivity index (χ2v) is 6.43. The van der Waals surface area contributed by atoms with Crippen LogP contribution in [0.4, 0.5) is 0 Å². The minimum Gasteiger partial charge on any atom is -0.354 e. The Hall–Kier alpha value is -0.810. The fourth-order valence-corrected chi connectivity index (χ4v) is 2.96. The first-order valence-corrected chi connectivity index (χ1v) is 8.46. The minimum atomic E-state index is -0.968. The maximum atomic E-state index is 12.3. The molecule has 24 heavy (non-hydrogen) atoms. The lowest BCUT2D eigenvalue weighted by Gasteiger charge is -2.25. The van der Waals surface area contributed by atoms with Gasteiger partial charge in [-0.25, -0.2) is 0 Å². The number of rotatable bonds is 6. The number of carbonyl (C=O) groups excluding carboxylic acids is 1. The molecule has 1 aliphatic rings. The molecule has 1 unspecified atom stereocenters. The van der Waals surface area contributed by atoms with E-state index in [4.69, 9.17) is 5.73 Å². The Bertz CT molecular complexity index is 461. The number of nitrogens with zero attached hydrogens (tertiary/aromatic N) is 1. The molecule has 1 atom stereocenters. The third-order valence-corrected chi connectivity index (χ3v) is 4.48. The highest BCUT2D eigenvalue weighted by Gasteiger charge is 2.29. The molecular formula is C18H31Cl2N3O. The summed E-state index contributed by atoms with van der Waals surface area (Å²) in [6.45, 7) is 5.92. The first-order chi connectivity index (χ1) is 10.6. The predicted molar refractivity (Wildman–Crippen MR) is 105 cm³/mol. The molecule has 1 amide bonds. The van der Waals surface area contributed by atoms with Crippen LogP contribution in [0.5, 0.6) is 0 Å². The van der Waals surface area contributed by atoms with E-state index in [0.29, 0.717) is 6.54 Å². The average Bonchev–Trinajstić information content (AvgIpc) is 2.81. The summed E-state index contributed by atoms with van der Waals surface area (Å²) in [4.78, 5) is 14.8. The fraction of sp³-hybridized carbons (Fsp3) is 0.611. The molecule has 1 fully saturated rings. The molecule has 1 aromatic rings. The van der Waals surface area contributed by atoms with Gasteiger partial charge >= 0.3 is 0 Å². The molecule has 4 nitrogen and oxygen atoms in total. The van der Waals surface area contributed by atoms with E-state index in [0.717, 1.165) is 18.5 Å². The van der Waals surface area contributed by atoms with Crippen molar-refractivity contribution >= 4 is 30.7 Å². The van der Waals surface area contributed by atoms with Gasteiger partial charge in [-0.3, -0.25) is 4.79 Å². The number of nitrogens with two attached hydrogens (primary N) is 1. The third-order valence-electron chi connectivity index (χ3n) is 4.48. The monoisotopic (exact) mass is 375 g/mol. The summed E-state index contributed by atoms with van der Waals surface area (Å²) < 4.78 is 0. The van der Waals surface area contributed by atoms with Crippen LogP contribution in [-0.2, 0) is 10.3 Å². The smallest absolute Gasteiger partial charge is 0.244 e. The van der Waals surface area contributed by atoms with Gasteiger partial charge in [0.15, 0.2) is 0 Å². The van der Waals surface area contributed by atoms with E-state index in [1.54, 1.807) is 6.92 Å². The zero-order valence-corrected chi connectivity index (χ0v) is 16.1. The molecule has 0 saturated carbocycles. The van der Waals surface area contributed by atoms with E-state index >= 15 is 0 Å². The van der Waals surface area contributed by atoms with Crippen molar-refractivity contribution in [3.05, 3.63) is 35.9 Å². The second kappa shape index (κ2) is 11.7. The molecule has 1 aliphatic heterocycles. The maximum absolute atomic E-state index is 12.3. The largest absolute Gasteiger partial charge is 0.354 e. The van der Waals surface area contributed by atoms with Gasteiger partial charge in [-0.2, -0.15) is 0 Å². The molecule has 0 bridgehead atoms. The summed E-state index contributed by atoms with van der Waals surface area (Å²) in [5.41, 5.74) is 6.08. The van der Waals surface area contributed by atoms with Crippen molar-refractivity contribution < 1.29 is 4.79 Å². The molecule has 0 aromatic heterocycles. The van der Waals surface area contributed by atoms with Gasteiger partial charge in [0.25, 0.3) is 0 Å². The van der Waals surface area contributed by atoms with E-state index in [9.17, 15) is 4.79 Å². The van der Waals surface area contributed by atoms with Crippen molar-refractivity contribution in [3.8, 4) is 0 Å². The Morgan fingerprint density at radius 3 is 2.29 bits per heavy atom. The molecule has 0 spiro atoms. The van der Waals surface area contributed by atoms with E-state index in [1.807, 2.05) is 30.3 Å². The summed E-state index contributed by atoms with van der Waals surface area (Å²) in [6, 6.07) is 9.55. The molecule has 1 saturated heterocycles. The topological polar surface area (TPSA) is 58.4 Å². The van der Waals surface area contributed by atoms with Gasteiger partial charge in [-0.05, 0) is 51.4 Å². The quantitative estimate of drug-likeness (QED) is 0.751. The van der Waals surface area contributed by atoms with Gasteiger partial charge < -0.3 is 16.0 Å². The van der Waals surface area contributed by atoms with Crippen molar-refractivity contribution in [3.63, 3.8) is 0 Å². The van der Waals surface area contributed by atoms with Crippen LogP contribution < -0.4 is 11.1 Å². The second-order valence-electron chi connectivity index (χ2n) is 6.43. The van der Waals surface area contributed by atoms with Gasteiger partial charge in [-0.15, -0.1) is 24.8 Å². The Balaban J connectivity index is 0.00000264. The summed E-state index contributed by atoms with van der Waals surface area (Å²) in [6.07, 6.45) is 6.31. The highest BCUT2D eigenvalue weighted by atomic mass is 35.5. The summed E-state index contributed by atoms with van der Waals surface area (Å²) in [5, 5.41) is 2.99. The lowest BCUT2D eigenvalue weighted by molar-refractivity contribution is -0.126. The molecular weight excluding hydrogens is 345 g/mol. The number of likely N-dealkylation sites (tertiary alicyclic amines) is 1. The van der Waals surface area contributed by atoms with Crippen molar-refractivity contribution in [2.24, 2.45) is 5.73 Å². The lowest BCUT2D eigenvalue weighted by Crippen LogP contribution is -2.49. The molecule has 6 heteroatoms. The number of hydrogen-bond acceptors (Lipinski definition) is 3.